The summed E-state index contributed by atoms with van der Waals surface area (Å²) in [7, 11) is 0. The molecule has 0 saturated carbocycles. The lowest BCUT2D eigenvalue weighted by molar-refractivity contribution is -0.232. The SMILES string of the molecule is O=C(CNC(=S)N[C@@H]1O[C@H](CO)[C@@H](OC(=O)c2ccccc2)[C@H](OC(=O)c2ccccc2)[C@H]1OC(=O)c1ccccc1)c1ccccc1. The van der Waals surface area contributed by atoms with Crippen molar-refractivity contribution >= 4 is 41.0 Å². The van der Waals surface area contributed by atoms with Gasteiger partial charge in [0.2, 0.25) is 0 Å². The molecule has 4 aromatic carbocycles. The van der Waals surface area contributed by atoms with Gasteiger partial charge in [-0.15, -0.1) is 0 Å². The summed E-state index contributed by atoms with van der Waals surface area (Å²) in [6.45, 7) is -0.861. The van der Waals surface area contributed by atoms with E-state index in [0.29, 0.717) is 5.56 Å². The summed E-state index contributed by atoms with van der Waals surface area (Å²) in [5.41, 5.74) is 1.01. The van der Waals surface area contributed by atoms with Gasteiger partial charge in [0.05, 0.1) is 29.8 Å². The van der Waals surface area contributed by atoms with Crippen molar-refractivity contribution in [2.75, 3.05) is 13.2 Å². The molecular formula is C36H32N2O9S. The molecule has 0 unspecified atom stereocenters. The highest BCUT2D eigenvalue weighted by molar-refractivity contribution is 7.80. The predicted molar refractivity (Wildman–Crippen MR) is 177 cm³/mol. The molecule has 1 heterocycles. The lowest BCUT2D eigenvalue weighted by atomic mass is 9.96. The van der Waals surface area contributed by atoms with Crippen LogP contribution in [0.2, 0.25) is 0 Å². The topological polar surface area (TPSA) is 149 Å². The Morgan fingerprint density at radius 2 is 1.00 bits per heavy atom. The first kappa shape index (κ1) is 33.9. The average molecular weight is 669 g/mol. The van der Waals surface area contributed by atoms with Gasteiger partial charge in [0, 0.05) is 5.56 Å². The third-order valence-corrected chi connectivity index (χ3v) is 7.61. The minimum Gasteiger partial charge on any atom is -0.452 e. The Kier molecular flexibility index (Phi) is 11.6. The van der Waals surface area contributed by atoms with E-state index < -0.39 is 55.2 Å². The maximum absolute atomic E-state index is 13.4. The van der Waals surface area contributed by atoms with Gasteiger partial charge in [0.1, 0.15) is 6.10 Å². The first-order chi connectivity index (χ1) is 23.3. The van der Waals surface area contributed by atoms with Crippen LogP contribution in [0, 0.1) is 0 Å². The molecular weight excluding hydrogens is 636 g/mol. The van der Waals surface area contributed by atoms with Crippen LogP contribution in [0.5, 0.6) is 0 Å². The van der Waals surface area contributed by atoms with Gasteiger partial charge in [0.25, 0.3) is 0 Å². The largest absolute Gasteiger partial charge is 0.452 e. The number of ether oxygens (including phenoxy) is 4. The lowest BCUT2D eigenvalue weighted by Crippen LogP contribution is -2.66. The fraction of sp³-hybridized carbons (Fsp3) is 0.194. The van der Waals surface area contributed by atoms with Crippen molar-refractivity contribution in [1.82, 2.24) is 10.6 Å². The van der Waals surface area contributed by atoms with E-state index in [1.165, 1.54) is 36.4 Å². The van der Waals surface area contributed by atoms with E-state index in [0.717, 1.165) is 0 Å². The molecule has 48 heavy (non-hydrogen) atoms. The summed E-state index contributed by atoms with van der Waals surface area (Å²) in [5.74, 6) is -2.65. The molecule has 0 bridgehead atoms. The summed E-state index contributed by atoms with van der Waals surface area (Å²) >= 11 is 5.45. The Morgan fingerprint density at radius 1 is 0.604 bits per heavy atom. The molecule has 246 valence electrons. The monoisotopic (exact) mass is 668 g/mol. The summed E-state index contributed by atoms with van der Waals surface area (Å²) in [4.78, 5) is 52.8. The zero-order valence-electron chi connectivity index (χ0n) is 25.5. The number of aliphatic hydroxyl groups excluding tert-OH is 1. The van der Waals surface area contributed by atoms with Crippen molar-refractivity contribution < 1.29 is 43.2 Å². The molecule has 1 fully saturated rings. The molecule has 0 aliphatic carbocycles. The number of nitrogens with one attached hydrogen (secondary N) is 2. The molecule has 5 atom stereocenters. The number of Topliss-reactive ketones (excluding diaryl/α,β-unsaturated/α-hetero) is 1. The van der Waals surface area contributed by atoms with Crippen LogP contribution >= 0.6 is 12.2 Å². The number of benzene rings is 4. The Hall–Kier alpha value is -5.43. The van der Waals surface area contributed by atoms with Gasteiger partial charge >= 0.3 is 17.9 Å². The van der Waals surface area contributed by atoms with Crippen molar-refractivity contribution in [1.29, 1.82) is 0 Å². The zero-order chi connectivity index (χ0) is 33.9. The molecule has 12 heteroatoms. The number of carbonyl (C=O) groups excluding carboxylic acids is 4. The quantitative estimate of drug-likeness (QED) is 0.0926. The Labute approximate surface area is 281 Å². The normalized spacial score (nSPS) is 20.1. The molecule has 1 saturated heterocycles. The first-order valence-electron chi connectivity index (χ1n) is 15.0. The van der Waals surface area contributed by atoms with E-state index in [4.69, 9.17) is 31.2 Å². The molecule has 1 aliphatic rings. The van der Waals surface area contributed by atoms with E-state index in [1.807, 2.05) is 0 Å². The van der Waals surface area contributed by atoms with Crippen LogP contribution in [0.15, 0.2) is 121 Å². The number of esters is 3. The van der Waals surface area contributed by atoms with Gasteiger partial charge < -0.3 is 34.7 Å². The fourth-order valence-corrected chi connectivity index (χ4v) is 5.14. The highest BCUT2D eigenvalue weighted by atomic mass is 32.1. The van der Waals surface area contributed by atoms with Crippen molar-refractivity contribution in [2.24, 2.45) is 0 Å². The second kappa shape index (κ2) is 16.4. The van der Waals surface area contributed by atoms with Gasteiger partial charge in [-0.3, -0.25) is 4.79 Å². The summed E-state index contributed by atoms with van der Waals surface area (Å²) in [6.07, 6.45) is -7.05. The number of ketones is 1. The lowest BCUT2D eigenvalue weighted by Gasteiger charge is -2.44. The molecule has 4 aromatic rings. The smallest absolute Gasteiger partial charge is 0.338 e. The van der Waals surface area contributed by atoms with Gasteiger partial charge in [-0.05, 0) is 48.6 Å². The van der Waals surface area contributed by atoms with Crippen molar-refractivity contribution in [3.8, 4) is 0 Å². The van der Waals surface area contributed by atoms with E-state index in [9.17, 15) is 24.3 Å². The van der Waals surface area contributed by atoms with Crippen LogP contribution in [0.3, 0.4) is 0 Å². The first-order valence-corrected chi connectivity index (χ1v) is 15.4. The van der Waals surface area contributed by atoms with E-state index >= 15 is 0 Å². The molecule has 3 N–H and O–H groups in total. The number of thiocarbonyl (C=S) groups is 1. The number of rotatable bonds is 11. The van der Waals surface area contributed by atoms with Crippen LogP contribution in [0.1, 0.15) is 41.4 Å². The minimum atomic E-state index is -1.50. The van der Waals surface area contributed by atoms with Crippen LogP contribution in [0.25, 0.3) is 0 Å². The molecule has 11 nitrogen and oxygen atoms in total. The Bertz CT molecular complexity index is 1710. The summed E-state index contributed by atoms with van der Waals surface area (Å²) in [5, 5.41) is 16.0. The Balaban J connectivity index is 1.46. The van der Waals surface area contributed by atoms with Gasteiger partial charge in [-0.25, -0.2) is 14.4 Å². The third kappa shape index (κ3) is 8.68. The number of carbonyl (C=O) groups is 4. The van der Waals surface area contributed by atoms with Gasteiger partial charge in [-0.2, -0.15) is 0 Å². The number of aliphatic hydroxyl groups is 1. The molecule has 0 spiro atoms. The molecule has 0 amide bonds. The van der Waals surface area contributed by atoms with Crippen LogP contribution in [0.4, 0.5) is 0 Å². The standard InChI is InChI=1S/C36H32N2O9S/c39-22-28-29(45-33(41)24-15-7-2-8-16-24)30(46-34(42)25-17-9-3-10-18-25)31(47-35(43)26-19-11-4-12-20-26)32(44-28)38-36(48)37-21-27(40)23-13-5-1-6-14-23/h1-20,28-32,39H,21-22H2,(H2,37,38,48)/t28-,29-,30+,31-,32-/m1/s1. The zero-order valence-corrected chi connectivity index (χ0v) is 26.3. The van der Waals surface area contributed by atoms with Gasteiger partial charge in [-0.1, -0.05) is 84.9 Å². The maximum Gasteiger partial charge on any atom is 0.338 e. The van der Waals surface area contributed by atoms with Crippen molar-refractivity contribution in [2.45, 2.75) is 30.6 Å². The van der Waals surface area contributed by atoms with Gasteiger partial charge in [0.15, 0.2) is 35.4 Å². The third-order valence-electron chi connectivity index (χ3n) is 7.35. The van der Waals surface area contributed by atoms with Crippen LogP contribution < -0.4 is 10.6 Å². The Morgan fingerprint density at radius 3 is 1.44 bits per heavy atom. The molecule has 1 aliphatic heterocycles. The van der Waals surface area contributed by atoms with Crippen LogP contribution in [-0.4, -0.2) is 77.7 Å². The second-order valence-electron chi connectivity index (χ2n) is 10.6. The fourth-order valence-electron chi connectivity index (χ4n) is 4.95. The van der Waals surface area contributed by atoms with E-state index in [2.05, 4.69) is 10.6 Å². The van der Waals surface area contributed by atoms with Crippen LogP contribution in [-0.2, 0) is 18.9 Å². The maximum atomic E-state index is 13.4. The van der Waals surface area contributed by atoms with Crippen molar-refractivity contribution in [3.05, 3.63) is 144 Å². The highest BCUT2D eigenvalue weighted by Gasteiger charge is 2.52. The molecule has 0 radical (unpaired) electrons. The highest BCUT2D eigenvalue weighted by Crippen LogP contribution is 2.30. The van der Waals surface area contributed by atoms with E-state index in [-0.39, 0.29) is 34.1 Å². The summed E-state index contributed by atoms with van der Waals surface area (Å²) in [6, 6.07) is 32.8. The average Bonchev–Trinajstić information content (AvgIpc) is 3.13. The molecule has 5 rings (SSSR count). The second-order valence-corrected chi connectivity index (χ2v) is 11.0. The number of hydrogen-bond acceptors (Lipinski definition) is 10. The molecule has 0 aromatic heterocycles. The predicted octanol–water partition coefficient (Wildman–Crippen LogP) is 3.73. The summed E-state index contributed by atoms with van der Waals surface area (Å²) < 4.78 is 23.8. The minimum absolute atomic E-state index is 0.0606. The van der Waals surface area contributed by atoms with E-state index in [1.54, 1.807) is 84.9 Å². The number of hydrogen-bond donors (Lipinski definition) is 3. The van der Waals surface area contributed by atoms with Crippen molar-refractivity contribution in [3.63, 3.8) is 0 Å².